The highest BCUT2D eigenvalue weighted by Gasteiger charge is 2.24. The second-order valence-corrected chi connectivity index (χ2v) is 6.70. The first kappa shape index (κ1) is 19.0. The largest absolute Gasteiger partial charge is 0.493 e. The Morgan fingerprint density at radius 1 is 1.15 bits per heavy atom. The number of hydrogen-bond donors (Lipinski definition) is 1. The number of nitrogens with zero attached hydrogens (tertiary/aromatic N) is 2. The number of amides is 1. The molecule has 0 spiro atoms. The predicted octanol–water partition coefficient (Wildman–Crippen LogP) is 3.51. The van der Waals surface area contributed by atoms with Crippen molar-refractivity contribution in [1.82, 2.24) is 9.88 Å². The lowest BCUT2D eigenvalue weighted by atomic mass is 9.98. The van der Waals surface area contributed by atoms with Gasteiger partial charge >= 0.3 is 0 Å². The number of hydrogen-bond acceptors (Lipinski definition) is 5. The average molecular weight is 369 g/mol. The third-order valence-corrected chi connectivity index (χ3v) is 4.85. The second kappa shape index (κ2) is 8.75. The number of anilines is 1. The maximum atomic E-state index is 13.0. The highest BCUT2D eigenvalue weighted by Crippen LogP contribution is 2.33. The van der Waals surface area contributed by atoms with Crippen LogP contribution in [0.4, 0.5) is 5.69 Å². The van der Waals surface area contributed by atoms with Crippen LogP contribution < -0.4 is 14.8 Å². The van der Waals surface area contributed by atoms with Crippen LogP contribution in [0.3, 0.4) is 0 Å². The fraction of sp³-hybridized carbons (Fsp3) is 0.429. The molecular formula is C21H27N3O3. The normalized spacial score (nSPS) is 13.1. The number of nitrogens with one attached hydrogen (secondary N) is 1. The zero-order chi connectivity index (χ0) is 19.2. The minimum atomic E-state index is 0.00192. The minimum absolute atomic E-state index is 0.00192. The van der Waals surface area contributed by atoms with Crippen LogP contribution >= 0.6 is 0 Å². The van der Waals surface area contributed by atoms with Crippen LogP contribution in [0.15, 0.2) is 30.6 Å². The monoisotopic (exact) mass is 369 g/mol. The zero-order valence-corrected chi connectivity index (χ0v) is 16.2. The van der Waals surface area contributed by atoms with Crippen LogP contribution in [0.5, 0.6) is 11.5 Å². The van der Waals surface area contributed by atoms with Crippen LogP contribution in [0, 0.1) is 0 Å². The van der Waals surface area contributed by atoms with Gasteiger partial charge in [0.15, 0.2) is 11.5 Å². The highest BCUT2D eigenvalue weighted by molar-refractivity contribution is 5.94. The van der Waals surface area contributed by atoms with E-state index in [1.54, 1.807) is 26.6 Å². The van der Waals surface area contributed by atoms with Gasteiger partial charge in [0.1, 0.15) is 0 Å². The van der Waals surface area contributed by atoms with Gasteiger partial charge in [-0.25, -0.2) is 0 Å². The summed E-state index contributed by atoms with van der Waals surface area (Å²) in [5, 5.41) is 3.32. The number of aromatic nitrogens is 1. The van der Waals surface area contributed by atoms with Gasteiger partial charge in [0.05, 0.1) is 25.5 Å². The average Bonchev–Trinajstić information content (AvgIpc) is 2.72. The molecule has 0 saturated heterocycles. The van der Waals surface area contributed by atoms with Gasteiger partial charge in [0.25, 0.3) is 5.91 Å². The van der Waals surface area contributed by atoms with Crippen molar-refractivity contribution in [3.63, 3.8) is 0 Å². The summed E-state index contributed by atoms with van der Waals surface area (Å²) < 4.78 is 10.8. The number of unbranched alkanes of at least 4 members (excludes halogenated alkanes) is 1. The molecule has 27 heavy (non-hydrogen) atoms. The smallest absolute Gasteiger partial charge is 0.255 e. The van der Waals surface area contributed by atoms with Crippen molar-refractivity contribution < 1.29 is 14.3 Å². The first-order chi connectivity index (χ1) is 13.2. The van der Waals surface area contributed by atoms with Crippen LogP contribution in [-0.4, -0.2) is 43.1 Å². The Morgan fingerprint density at radius 2 is 1.89 bits per heavy atom. The molecule has 0 bridgehead atoms. The molecular weight excluding hydrogens is 342 g/mol. The predicted molar refractivity (Wildman–Crippen MR) is 106 cm³/mol. The first-order valence-electron chi connectivity index (χ1n) is 9.38. The van der Waals surface area contributed by atoms with E-state index in [0.29, 0.717) is 24.4 Å². The summed E-state index contributed by atoms with van der Waals surface area (Å²) in [6, 6.07) is 5.86. The van der Waals surface area contributed by atoms with E-state index in [9.17, 15) is 4.79 Å². The van der Waals surface area contributed by atoms with Gasteiger partial charge < -0.3 is 19.7 Å². The van der Waals surface area contributed by atoms with E-state index in [4.69, 9.17) is 9.47 Å². The molecule has 0 radical (unpaired) electrons. The van der Waals surface area contributed by atoms with Crippen LogP contribution in [-0.2, 0) is 13.0 Å². The van der Waals surface area contributed by atoms with E-state index in [1.165, 1.54) is 5.56 Å². The fourth-order valence-electron chi connectivity index (χ4n) is 3.30. The second-order valence-electron chi connectivity index (χ2n) is 6.70. The maximum Gasteiger partial charge on any atom is 0.255 e. The van der Waals surface area contributed by atoms with Crippen LogP contribution in [0.1, 0.15) is 41.3 Å². The first-order valence-corrected chi connectivity index (χ1v) is 9.38. The number of carbonyl (C=O) groups excluding carboxylic acids is 1. The summed E-state index contributed by atoms with van der Waals surface area (Å²) in [4.78, 5) is 19.1. The van der Waals surface area contributed by atoms with Gasteiger partial charge in [-0.1, -0.05) is 13.3 Å². The Morgan fingerprint density at radius 3 is 2.59 bits per heavy atom. The summed E-state index contributed by atoms with van der Waals surface area (Å²) >= 11 is 0. The third-order valence-electron chi connectivity index (χ3n) is 4.85. The lowest BCUT2D eigenvalue weighted by Gasteiger charge is -2.29. The summed E-state index contributed by atoms with van der Waals surface area (Å²) in [6.07, 6.45) is 6.41. The number of fused-ring (bicyclic) bond motifs is 1. The molecule has 0 unspecified atom stereocenters. The number of pyridine rings is 1. The molecule has 6 nitrogen and oxygen atoms in total. The van der Waals surface area contributed by atoms with Crippen molar-refractivity contribution in [1.29, 1.82) is 0 Å². The maximum absolute atomic E-state index is 13.0. The van der Waals surface area contributed by atoms with E-state index in [0.717, 1.165) is 42.8 Å². The van der Waals surface area contributed by atoms with Gasteiger partial charge in [-0.05, 0) is 42.2 Å². The summed E-state index contributed by atoms with van der Waals surface area (Å²) in [5.41, 5.74) is 3.79. The molecule has 6 heteroatoms. The van der Waals surface area contributed by atoms with Crippen LogP contribution in [0.25, 0.3) is 0 Å². The van der Waals surface area contributed by atoms with Gasteiger partial charge in [-0.15, -0.1) is 0 Å². The molecule has 0 atom stereocenters. The van der Waals surface area contributed by atoms with Crippen molar-refractivity contribution in [2.75, 3.05) is 32.6 Å². The van der Waals surface area contributed by atoms with Crippen molar-refractivity contribution >= 4 is 11.6 Å². The molecule has 2 heterocycles. The van der Waals surface area contributed by atoms with Gasteiger partial charge in [-0.3, -0.25) is 9.78 Å². The molecule has 0 saturated carbocycles. The Kier molecular flexibility index (Phi) is 6.16. The Bertz CT molecular complexity index is 807. The Hall–Kier alpha value is -2.76. The van der Waals surface area contributed by atoms with Crippen molar-refractivity contribution in [3.05, 3.63) is 47.3 Å². The lowest BCUT2D eigenvalue weighted by molar-refractivity contribution is 0.0734. The standard InChI is InChI=1S/C21H27N3O3/c1-4-5-7-23-18-9-16(12-22-13-18)21(25)24-8-6-15-10-19(26-2)20(27-3)11-17(15)14-24/h9-13,23H,4-8,14H2,1-3H3. The van der Waals surface area contributed by atoms with E-state index in [1.807, 2.05) is 23.1 Å². The van der Waals surface area contributed by atoms with E-state index in [2.05, 4.69) is 17.2 Å². The number of ether oxygens (including phenoxy) is 2. The molecule has 0 fully saturated rings. The summed E-state index contributed by atoms with van der Waals surface area (Å²) in [7, 11) is 3.26. The van der Waals surface area contributed by atoms with E-state index in [-0.39, 0.29) is 5.91 Å². The van der Waals surface area contributed by atoms with E-state index >= 15 is 0 Å². The number of carbonyl (C=O) groups is 1. The molecule has 1 aromatic heterocycles. The van der Waals surface area contributed by atoms with Crippen molar-refractivity contribution in [2.24, 2.45) is 0 Å². The molecule has 0 aliphatic carbocycles. The van der Waals surface area contributed by atoms with Gasteiger partial charge in [0, 0.05) is 32.0 Å². The van der Waals surface area contributed by atoms with Crippen LogP contribution in [0.2, 0.25) is 0 Å². The van der Waals surface area contributed by atoms with Gasteiger partial charge in [-0.2, -0.15) is 0 Å². The minimum Gasteiger partial charge on any atom is -0.493 e. The summed E-state index contributed by atoms with van der Waals surface area (Å²) in [6.45, 7) is 4.27. The van der Waals surface area contributed by atoms with Crippen molar-refractivity contribution in [3.8, 4) is 11.5 Å². The molecule has 1 N–H and O–H groups in total. The molecule has 2 aromatic rings. The quantitative estimate of drug-likeness (QED) is 0.757. The molecule has 144 valence electrons. The molecule has 3 rings (SSSR count). The SMILES string of the molecule is CCCCNc1cncc(C(=O)N2CCc3cc(OC)c(OC)cc3C2)c1. The zero-order valence-electron chi connectivity index (χ0n) is 16.2. The molecule has 1 aliphatic heterocycles. The van der Waals surface area contributed by atoms with Crippen molar-refractivity contribution in [2.45, 2.75) is 32.7 Å². The number of rotatable bonds is 7. The molecule has 1 amide bonds. The summed E-state index contributed by atoms with van der Waals surface area (Å²) in [5.74, 6) is 1.42. The Balaban J connectivity index is 1.75. The number of methoxy groups -OCH3 is 2. The lowest BCUT2D eigenvalue weighted by Crippen LogP contribution is -2.36. The Labute approximate surface area is 160 Å². The third kappa shape index (κ3) is 4.32. The number of benzene rings is 1. The highest BCUT2D eigenvalue weighted by atomic mass is 16.5. The fourth-order valence-corrected chi connectivity index (χ4v) is 3.30. The molecule has 1 aliphatic rings. The molecule has 1 aromatic carbocycles. The van der Waals surface area contributed by atoms with E-state index < -0.39 is 0 Å². The van der Waals surface area contributed by atoms with Gasteiger partial charge in [0.2, 0.25) is 0 Å². The topological polar surface area (TPSA) is 63.7 Å².